The molecule has 0 unspecified atom stereocenters. The summed E-state index contributed by atoms with van der Waals surface area (Å²) in [6, 6.07) is 8.05. The largest absolute Gasteiger partial charge is 0.397 e. The monoisotopic (exact) mass is 211 g/mol. The summed E-state index contributed by atoms with van der Waals surface area (Å²) in [7, 11) is 0. The second-order valence-electron chi connectivity index (χ2n) is 3.94. The van der Waals surface area contributed by atoms with Gasteiger partial charge in [0.15, 0.2) is 0 Å². The second kappa shape index (κ2) is 3.17. The van der Waals surface area contributed by atoms with Crippen LogP contribution in [0.15, 0.2) is 30.3 Å². The van der Waals surface area contributed by atoms with E-state index in [0.29, 0.717) is 11.4 Å². The smallest absolute Gasteiger partial charge is 0.0648 e. The van der Waals surface area contributed by atoms with Gasteiger partial charge in [-0.2, -0.15) is 0 Å². The molecule has 1 heterocycles. The van der Waals surface area contributed by atoms with E-state index in [1.807, 2.05) is 30.4 Å². The summed E-state index contributed by atoms with van der Waals surface area (Å²) >= 11 is 0. The number of nitrogen functional groups attached to an aromatic ring is 2. The van der Waals surface area contributed by atoms with Crippen molar-refractivity contribution in [2.45, 2.75) is 0 Å². The summed E-state index contributed by atoms with van der Waals surface area (Å²) in [5, 5.41) is 5.50. The summed E-state index contributed by atoms with van der Waals surface area (Å²) in [4.78, 5) is 0. The molecule has 0 aliphatic carbocycles. The maximum absolute atomic E-state index is 6.06. The van der Waals surface area contributed by atoms with E-state index < -0.39 is 0 Å². The van der Waals surface area contributed by atoms with Crippen molar-refractivity contribution in [1.29, 1.82) is 0 Å². The van der Waals surface area contributed by atoms with E-state index in [-0.39, 0.29) is 0 Å². The van der Waals surface area contributed by atoms with Crippen LogP contribution >= 0.6 is 0 Å². The molecule has 0 amide bonds. The van der Waals surface area contributed by atoms with Gasteiger partial charge in [-0.05, 0) is 0 Å². The van der Waals surface area contributed by atoms with E-state index in [0.717, 1.165) is 28.6 Å². The van der Waals surface area contributed by atoms with Gasteiger partial charge >= 0.3 is 0 Å². The molecule has 0 fully saturated rings. The minimum atomic E-state index is 0.664. The van der Waals surface area contributed by atoms with Gasteiger partial charge in [0.2, 0.25) is 0 Å². The molecule has 5 N–H and O–H groups in total. The zero-order chi connectivity index (χ0) is 11.1. The molecule has 16 heavy (non-hydrogen) atoms. The summed E-state index contributed by atoms with van der Waals surface area (Å²) in [6.07, 6.45) is 4.08. The van der Waals surface area contributed by atoms with Crippen LogP contribution in [0, 0.1) is 0 Å². The predicted molar refractivity (Wildman–Crippen MR) is 70.3 cm³/mol. The zero-order valence-electron chi connectivity index (χ0n) is 8.83. The van der Waals surface area contributed by atoms with Crippen LogP contribution in [-0.2, 0) is 0 Å². The molecule has 2 aromatic carbocycles. The van der Waals surface area contributed by atoms with Crippen molar-refractivity contribution in [1.82, 2.24) is 0 Å². The van der Waals surface area contributed by atoms with E-state index >= 15 is 0 Å². The Bertz CT molecular complexity index is 600. The van der Waals surface area contributed by atoms with E-state index in [1.54, 1.807) is 0 Å². The number of rotatable bonds is 0. The first-order valence-electron chi connectivity index (χ1n) is 5.29. The van der Waals surface area contributed by atoms with E-state index in [4.69, 9.17) is 11.5 Å². The van der Waals surface area contributed by atoms with Gasteiger partial charge in [-0.15, -0.1) is 0 Å². The minimum absolute atomic E-state index is 0.664. The molecule has 3 nitrogen and oxygen atoms in total. The van der Waals surface area contributed by atoms with Crippen LogP contribution in [0.4, 0.5) is 17.1 Å². The maximum Gasteiger partial charge on any atom is 0.0648 e. The van der Waals surface area contributed by atoms with Gasteiger partial charge in [0.25, 0.3) is 0 Å². The first-order chi connectivity index (χ1) is 7.79. The molecule has 80 valence electrons. The van der Waals surface area contributed by atoms with Crippen molar-refractivity contribution in [3.8, 4) is 0 Å². The number of hydrogen-bond acceptors (Lipinski definition) is 3. The highest BCUT2D eigenvalue weighted by atomic mass is 14.9. The lowest BCUT2D eigenvalue weighted by molar-refractivity contribution is 1.33. The molecule has 0 spiro atoms. The lowest BCUT2D eigenvalue weighted by Gasteiger charge is -2.19. The molecule has 3 heteroatoms. The first-order valence-corrected chi connectivity index (χ1v) is 5.29. The fourth-order valence-corrected chi connectivity index (χ4v) is 2.21. The third-order valence-electron chi connectivity index (χ3n) is 3.02. The van der Waals surface area contributed by atoms with Gasteiger partial charge in [-0.1, -0.05) is 36.4 Å². The SMILES string of the molecule is Nc1c2c(c3ccccc3c1N)NCC=C2. The molecule has 2 aromatic rings. The van der Waals surface area contributed by atoms with Crippen molar-refractivity contribution >= 4 is 33.9 Å². The van der Waals surface area contributed by atoms with Gasteiger partial charge in [-0.3, -0.25) is 0 Å². The van der Waals surface area contributed by atoms with Crippen LogP contribution in [0.1, 0.15) is 5.56 Å². The van der Waals surface area contributed by atoms with Crippen molar-refractivity contribution < 1.29 is 0 Å². The van der Waals surface area contributed by atoms with E-state index in [1.165, 1.54) is 0 Å². The number of fused-ring (bicyclic) bond motifs is 3. The normalized spacial score (nSPS) is 13.5. The summed E-state index contributed by atoms with van der Waals surface area (Å²) in [5.41, 5.74) is 15.5. The number of anilines is 3. The Hall–Kier alpha value is -2.16. The molecule has 0 saturated carbocycles. The quantitative estimate of drug-likeness (QED) is 0.463. The van der Waals surface area contributed by atoms with Gasteiger partial charge in [0.05, 0.1) is 17.1 Å². The van der Waals surface area contributed by atoms with Gasteiger partial charge in [0, 0.05) is 22.9 Å². The number of nitrogens with one attached hydrogen (secondary N) is 1. The Balaban J connectivity index is 2.51. The van der Waals surface area contributed by atoms with Crippen molar-refractivity contribution in [3.05, 3.63) is 35.9 Å². The highest BCUT2D eigenvalue weighted by Gasteiger charge is 2.15. The number of hydrogen-bond donors (Lipinski definition) is 3. The average molecular weight is 211 g/mol. The minimum Gasteiger partial charge on any atom is -0.397 e. The summed E-state index contributed by atoms with van der Waals surface area (Å²) in [5.74, 6) is 0. The van der Waals surface area contributed by atoms with Crippen LogP contribution in [0.2, 0.25) is 0 Å². The molecule has 0 bridgehead atoms. The maximum atomic E-state index is 6.06. The molecule has 3 rings (SSSR count). The molecule has 0 aromatic heterocycles. The summed E-state index contributed by atoms with van der Waals surface area (Å²) in [6.45, 7) is 0.834. The third kappa shape index (κ3) is 1.08. The Morgan fingerprint density at radius 3 is 2.56 bits per heavy atom. The van der Waals surface area contributed by atoms with Gasteiger partial charge in [0.1, 0.15) is 0 Å². The van der Waals surface area contributed by atoms with Gasteiger partial charge < -0.3 is 16.8 Å². The fraction of sp³-hybridized carbons (Fsp3) is 0.0769. The van der Waals surface area contributed by atoms with Crippen LogP contribution in [0.25, 0.3) is 16.8 Å². The zero-order valence-corrected chi connectivity index (χ0v) is 8.83. The van der Waals surface area contributed by atoms with Crippen molar-refractivity contribution in [2.75, 3.05) is 23.3 Å². The Morgan fingerprint density at radius 2 is 1.75 bits per heavy atom. The molecule has 1 aliphatic rings. The van der Waals surface area contributed by atoms with Crippen molar-refractivity contribution in [3.63, 3.8) is 0 Å². The molecular formula is C13H13N3. The van der Waals surface area contributed by atoms with E-state index in [2.05, 4.69) is 11.4 Å². The Kier molecular flexibility index (Phi) is 1.80. The first kappa shape index (κ1) is 9.09. The fourth-order valence-electron chi connectivity index (χ4n) is 2.21. The third-order valence-corrected chi connectivity index (χ3v) is 3.02. The van der Waals surface area contributed by atoms with Crippen molar-refractivity contribution in [2.24, 2.45) is 0 Å². The molecule has 0 saturated heterocycles. The number of nitrogens with two attached hydrogens (primary N) is 2. The van der Waals surface area contributed by atoms with Crippen LogP contribution < -0.4 is 16.8 Å². The standard InChI is InChI=1S/C13H13N3/c14-11-8-4-1-2-5-9(8)13-10(12(11)15)6-3-7-16-13/h1-6,16H,7,14-15H2. The number of benzene rings is 2. The molecular weight excluding hydrogens is 198 g/mol. The topological polar surface area (TPSA) is 64.1 Å². The molecule has 0 radical (unpaired) electrons. The van der Waals surface area contributed by atoms with Crippen LogP contribution in [0.3, 0.4) is 0 Å². The highest BCUT2D eigenvalue weighted by molar-refractivity contribution is 6.10. The molecule has 0 atom stereocenters. The highest BCUT2D eigenvalue weighted by Crippen LogP contribution is 2.39. The molecule has 1 aliphatic heterocycles. The summed E-state index contributed by atoms with van der Waals surface area (Å²) < 4.78 is 0. The average Bonchev–Trinajstić information content (AvgIpc) is 2.36. The Morgan fingerprint density at radius 1 is 1.00 bits per heavy atom. The Labute approximate surface area is 93.7 Å². The second-order valence-corrected chi connectivity index (χ2v) is 3.94. The van der Waals surface area contributed by atoms with Crippen LogP contribution in [-0.4, -0.2) is 6.54 Å². The predicted octanol–water partition coefficient (Wildman–Crippen LogP) is 2.44. The lowest BCUT2D eigenvalue weighted by atomic mass is 9.98. The van der Waals surface area contributed by atoms with Gasteiger partial charge in [-0.25, -0.2) is 0 Å². The van der Waals surface area contributed by atoms with E-state index in [9.17, 15) is 0 Å². The van der Waals surface area contributed by atoms with Crippen LogP contribution in [0.5, 0.6) is 0 Å². The lowest BCUT2D eigenvalue weighted by Crippen LogP contribution is -2.09.